The second kappa shape index (κ2) is 3.97. The van der Waals surface area contributed by atoms with E-state index in [1.54, 1.807) is 0 Å². The van der Waals surface area contributed by atoms with Crippen molar-refractivity contribution in [3.8, 4) is 0 Å². The van der Waals surface area contributed by atoms with Crippen LogP contribution in [0.5, 0.6) is 0 Å². The van der Waals surface area contributed by atoms with E-state index in [9.17, 15) is 0 Å². The van der Waals surface area contributed by atoms with Crippen LogP contribution in [0.4, 0.5) is 0 Å². The summed E-state index contributed by atoms with van der Waals surface area (Å²) in [5, 5.41) is 0. The van der Waals surface area contributed by atoms with E-state index >= 15 is 0 Å². The number of allylic oxidation sites excluding steroid dienone is 5. The summed E-state index contributed by atoms with van der Waals surface area (Å²) >= 11 is 0. The first-order valence-electron chi connectivity index (χ1n) is 4.74. The molecular weight excluding hydrogens is 170 g/mol. The summed E-state index contributed by atoms with van der Waals surface area (Å²) < 4.78 is 0. The summed E-state index contributed by atoms with van der Waals surface area (Å²) in [5.41, 5.74) is 9.13. The zero-order valence-corrected chi connectivity index (χ0v) is 7.98. The molecule has 1 nitrogen and oxygen atoms in total. The molecule has 1 heteroatoms. The molecule has 1 aromatic carbocycles. The third kappa shape index (κ3) is 1.94. The summed E-state index contributed by atoms with van der Waals surface area (Å²) in [5.74, 6) is 0. The van der Waals surface area contributed by atoms with Gasteiger partial charge < -0.3 is 5.73 Å². The third-order valence-electron chi connectivity index (χ3n) is 2.25. The molecule has 0 unspecified atom stereocenters. The molecular formula is C13H13N. The van der Waals surface area contributed by atoms with Crippen molar-refractivity contribution in [3.05, 3.63) is 65.9 Å². The highest BCUT2D eigenvalue weighted by molar-refractivity contribution is 5.69. The lowest BCUT2D eigenvalue weighted by molar-refractivity contribution is 1.37. The summed E-state index contributed by atoms with van der Waals surface area (Å²) in [4.78, 5) is 0. The lowest BCUT2D eigenvalue weighted by Crippen LogP contribution is -1.92. The summed E-state index contributed by atoms with van der Waals surface area (Å²) in [6, 6.07) is 10.3. The Balaban J connectivity index is 2.36. The number of hydrogen-bond donors (Lipinski definition) is 1. The van der Waals surface area contributed by atoms with Crippen LogP contribution in [0, 0.1) is 0 Å². The van der Waals surface area contributed by atoms with Crippen molar-refractivity contribution in [2.45, 2.75) is 6.42 Å². The van der Waals surface area contributed by atoms with Crippen molar-refractivity contribution < 1.29 is 0 Å². The second-order valence-corrected chi connectivity index (χ2v) is 3.33. The molecule has 0 saturated heterocycles. The Labute approximate surface area is 84.3 Å². The fraction of sp³-hybridized carbons (Fsp3) is 0.0769. The quantitative estimate of drug-likeness (QED) is 0.711. The van der Waals surface area contributed by atoms with E-state index < -0.39 is 0 Å². The highest BCUT2D eigenvalue weighted by Crippen LogP contribution is 2.21. The predicted octanol–water partition coefficient (Wildman–Crippen LogP) is 2.87. The Morgan fingerprint density at radius 3 is 2.64 bits per heavy atom. The number of benzene rings is 1. The van der Waals surface area contributed by atoms with Crippen LogP contribution >= 0.6 is 0 Å². The summed E-state index contributed by atoms with van der Waals surface area (Å²) in [6.07, 6.45) is 9.03. The van der Waals surface area contributed by atoms with Gasteiger partial charge in [0.1, 0.15) is 0 Å². The average molecular weight is 183 g/mol. The van der Waals surface area contributed by atoms with Gasteiger partial charge >= 0.3 is 0 Å². The molecule has 2 N–H and O–H groups in total. The fourth-order valence-corrected chi connectivity index (χ4v) is 1.54. The van der Waals surface area contributed by atoms with Gasteiger partial charge in [0.25, 0.3) is 0 Å². The van der Waals surface area contributed by atoms with Crippen molar-refractivity contribution in [3.63, 3.8) is 0 Å². The van der Waals surface area contributed by atoms with E-state index in [0.717, 1.165) is 12.1 Å². The largest absolute Gasteiger partial charge is 0.399 e. The van der Waals surface area contributed by atoms with Gasteiger partial charge in [-0.15, -0.1) is 0 Å². The van der Waals surface area contributed by atoms with E-state index in [-0.39, 0.29) is 0 Å². The van der Waals surface area contributed by atoms with Gasteiger partial charge in [-0.3, -0.25) is 0 Å². The van der Waals surface area contributed by atoms with Gasteiger partial charge in [-0.2, -0.15) is 0 Å². The van der Waals surface area contributed by atoms with Crippen LogP contribution in [0.15, 0.2) is 60.3 Å². The molecule has 0 saturated carbocycles. The minimum atomic E-state index is 0.817. The monoisotopic (exact) mass is 183 g/mol. The van der Waals surface area contributed by atoms with E-state index in [1.165, 1.54) is 11.1 Å². The molecule has 2 rings (SSSR count). The zero-order chi connectivity index (χ0) is 9.80. The first kappa shape index (κ1) is 8.82. The Hall–Kier alpha value is -1.76. The standard InChI is InChI=1S/C13H13N/c14-13-9-5-4-8-12(10-13)11-6-2-1-3-7-11/h1-7,9-10H,8,14H2. The first-order chi connectivity index (χ1) is 6.86. The predicted molar refractivity (Wildman–Crippen MR) is 60.4 cm³/mol. The fourth-order valence-electron chi connectivity index (χ4n) is 1.54. The average Bonchev–Trinajstić information content (AvgIpc) is 2.44. The van der Waals surface area contributed by atoms with Gasteiger partial charge in [-0.25, -0.2) is 0 Å². The zero-order valence-electron chi connectivity index (χ0n) is 7.98. The highest BCUT2D eigenvalue weighted by Gasteiger charge is 2.00. The van der Waals surface area contributed by atoms with Gasteiger partial charge in [0.2, 0.25) is 0 Å². The molecule has 70 valence electrons. The van der Waals surface area contributed by atoms with Crippen LogP contribution in [0.3, 0.4) is 0 Å². The SMILES string of the molecule is NC1=CC=CCC(c2ccccc2)=C1. The van der Waals surface area contributed by atoms with Gasteiger partial charge in [-0.05, 0) is 29.7 Å². The third-order valence-corrected chi connectivity index (χ3v) is 2.25. The Bertz CT molecular complexity index is 397. The summed E-state index contributed by atoms with van der Waals surface area (Å²) in [7, 11) is 0. The molecule has 0 heterocycles. The molecule has 1 aromatic rings. The van der Waals surface area contributed by atoms with Crippen LogP contribution in [-0.2, 0) is 0 Å². The minimum absolute atomic E-state index is 0.817. The molecule has 0 amide bonds. The Morgan fingerprint density at radius 1 is 1.07 bits per heavy atom. The van der Waals surface area contributed by atoms with Crippen molar-refractivity contribution in [2.24, 2.45) is 5.73 Å². The van der Waals surface area contributed by atoms with Gasteiger partial charge in [0.15, 0.2) is 0 Å². The molecule has 0 fully saturated rings. The molecule has 0 aromatic heterocycles. The highest BCUT2D eigenvalue weighted by atomic mass is 14.6. The van der Waals surface area contributed by atoms with Gasteiger partial charge in [0.05, 0.1) is 0 Å². The number of nitrogens with two attached hydrogens (primary N) is 1. The molecule has 0 bridgehead atoms. The second-order valence-electron chi connectivity index (χ2n) is 3.33. The molecule has 1 aliphatic rings. The lowest BCUT2D eigenvalue weighted by atomic mass is 10.0. The molecule has 0 aliphatic heterocycles. The maximum Gasteiger partial charge on any atom is 0.0316 e. The maximum absolute atomic E-state index is 5.80. The number of rotatable bonds is 1. The van der Waals surface area contributed by atoms with E-state index in [1.807, 2.05) is 36.4 Å². The van der Waals surface area contributed by atoms with Crippen molar-refractivity contribution in [1.29, 1.82) is 0 Å². The molecule has 0 atom stereocenters. The Morgan fingerprint density at radius 2 is 1.86 bits per heavy atom. The molecule has 14 heavy (non-hydrogen) atoms. The van der Waals surface area contributed by atoms with Crippen LogP contribution in [0.25, 0.3) is 5.57 Å². The lowest BCUT2D eigenvalue weighted by Gasteiger charge is -2.03. The topological polar surface area (TPSA) is 26.0 Å². The van der Waals surface area contributed by atoms with E-state index in [2.05, 4.69) is 18.2 Å². The maximum atomic E-state index is 5.80. The van der Waals surface area contributed by atoms with E-state index in [0.29, 0.717) is 0 Å². The van der Waals surface area contributed by atoms with E-state index in [4.69, 9.17) is 5.73 Å². The van der Waals surface area contributed by atoms with Gasteiger partial charge in [0, 0.05) is 5.70 Å². The number of hydrogen-bond acceptors (Lipinski definition) is 1. The van der Waals surface area contributed by atoms with Crippen LogP contribution in [-0.4, -0.2) is 0 Å². The smallest absolute Gasteiger partial charge is 0.0316 e. The molecule has 0 radical (unpaired) electrons. The van der Waals surface area contributed by atoms with Crippen molar-refractivity contribution >= 4 is 5.57 Å². The summed E-state index contributed by atoms with van der Waals surface area (Å²) in [6.45, 7) is 0. The van der Waals surface area contributed by atoms with Crippen LogP contribution < -0.4 is 5.73 Å². The molecule has 1 aliphatic carbocycles. The first-order valence-corrected chi connectivity index (χ1v) is 4.74. The Kier molecular flexibility index (Phi) is 2.50. The van der Waals surface area contributed by atoms with Crippen molar-refractivity contribution in [1.82, 2.24) is 0 Å². The van der Waals surface area contributed by atoms with Crippen LogP contribution in [0.1, 0.15) is 12.0 Å². The normalized spacial score (nSPS) is 15.7. The van der Waals surface area contributed by atoms with Gasteiger partial charge in [-0.1, -0.05) is 42.5 Å². The minimum Gasteiger partial charge on any atom is -0.399 e. The van der Waals surface area contributed by atoms with Crippen molar-refractivity contribution in [2.75, 3.05) is 0 Å². The molecule has 0 spiro atoms. The van der Waals surface area contributed by atoms with Crippen LogP contribution in [0.2, 0.25) is 0 Å².